The van der Waals surface area contributed by atoms with Gasteiger partial charge in [-0.05, 0) is 49.2 Å². The molecule has 6 aromatic rings. The number of nitrogens with zero attached hydrogens (tertiary/aromatic N) is 4. The van der Waals surface area contributed by atoms with Gasteiger partial charge in [0.2, 0.25) is 11.8 Å². The fourth-order valence-corrected chi connectivity index (χ4v) is 5.67. The standard InChI is InChI=1S/2C20H21ClN4O4/c2*1-4-7-22-20(26)25-15-6-5-12(8-14(15)21)29-19-13-9-17(27-2)18(28-3)10-16(13)23-11-24-19/h2*5-6,8-11H,4,7H2,1-3H3,(H2,22,25,26). The molecule has 0 aliphatic rings. The summed E-state index contributed by atoms with van der Waals surface area (Å²) in [6.07, 6.45) is 4.49. The molecule has 2 aromatic heterocycles. The van der Waals surface area contributed by atoms with Crippen LogP contribution < -0.4 is 49.7 Å². The highest BCUT2D eigenvalue weighted by molar-refractivity contribution is 6.34. The third-order valence-electron chi connectivity index (χ3n) is 8.09. The molecule has 0 fully saturated rings. The molecule has 0 aliphatic carbocycles. The van der Waals surface area contributed by atoms with Crippen molar-refractivity contribution in [2.75, 3.05) is 52.2 Å². The number of methoxy groups -OCH3 is 4. The number of nitrogens with one attached hydrogen (secondary N) is 4. The van der Waals surface area contributed by atoms with Gasteiger partial charge in [-0.15, -0.1) is 0 Å². The van der Waals surface area contributed by atoms with E-state index in [0.29, 0.717) is 103 Å². The van der Waals surface area contributed by atoms with Crippen LogP contribution in [0.15, 0.2) is 73.3 Å². The van der Waals surface area contributed by atoms with Crippen LogP contribution in [-0.4, -0.2) is 73.5 Å². The summed E-state index contributed by atoms with van der Waals surface area (Å²) in [6.45, 7) is 5.11. The molecule has 4 aromatic carbocycles. The Hall–Kier alpha value is -6.52. The first-order valence-electron chi connectivity index (χ1n) is 17.9. The number of aromatic nitrogens is 4. The van der Waals surface area contributed by atoms with E-state index in [1.165, 1.54) is 12.7 Å². The smallest absolute Gasteiger partial charge is 0.319 e. The predicted molar refractivity (Wildman–Crippen MR) is 223 cm³/mol. The van der Waals surface area contributed by atoms with Gasteiger partial charge in [-0.3, -0.25) is 0 Å². The number of amides is 4. The average molecular weight is 834 g/mol. The molecule has 2 heterocycles. The maximum absolute atomic E-state index is 11.8. The number of anilines is 2. The minimum Gasteiger partial charge on any atom is -0.493 e. The molecule has 0 saturated carbocycles. The van der Waals surface area contributed by atoms with Gasteiger partial charge in [0.15, 0.2) is 23.0 Å². The second kappa shape index (κ2) is 20.6. The molecule has 18 heteroatoms. The molecule has 0 bridgehead atoms. The van der Waals surface area contributed by atoms with E-state index in [-0.39, 0.29) is 12.1 Å². The van der Waals surface area contributed by atoms with Crippen molar-refractivity contribution in [2.45, 2.75) is 26.7 Å². The minimum absolute atomic E-state index is 0.315. The van der Waals surface area contributed by atoms with Gasteiger partial charge in [0.1, 0.15) is 24.2 Å². The predicted octanol–water partition coefficient (Wildman–Crippen LogP) is 9.25. The zero-order valence-electron chi connectivity index (χ0n) is 32.6. The van der Waals surface area contributed by atoms with E-state index in [9.17, 15) is 9.59 Å². The molecular weight excluding hydrogens is 791 g/mol. The number of carbonyl (C=O) groups excluding carboxylic acids is 2. The normalized spacial score (nSPS) is 10.5. The SMILES string of the molecule is CCCNC(=O)Nc1ccc(Oc2ncnc3cc(OC)c(OC)cc23)cc1Cl.CCCNC(=O)Nc1ccc(Oc2ncnc3cc(OC)c(OC)cc23)cc1Cl. The lowest BCUT2D eigenvalue weighted by Gasteiger charge is -2.12. The fourth-order valence-electron chi connectivity index (χ4n) is 5.24. The number of halogens is 2. The van der Waals surface area contributed by atoms with Gasteiger partial charge in [-0.25, -0.2) is 29.5 Å². The van der Waals surface area contributed by atoms with Crippen LogP contribution in [0.25, 0.3) is 21.8 Å². The Morgan fingerprint density at radius 3 is 1.28 bits per heavy atom. The van der Waals surface area contributed by atoms with E-state index >= 15 is 0 Å². The van der Waals surface area contributed by atoms with Crippen molar-refractivity contribution >= 4 is 68.4 Å². The quantitative estimate of drug-likeness (QED) is 0.0815. The lowest BCUT2D eigenvalue weighted by Crippen LogP contribution is -2.29. The molecule has 0 unspecified atom stereocenters. The molecule has 58 heavy (non-hydrogen) atoms. The largest absolute Gasteiger partial charge is 0.493 e. The summed E-state index contributed by atoms with van der Waals surface area (Å²) in [7, 11) is 6.22. The molecule has 0 spiro atoms. The van der Waals surface area contributed by atoms with Crippen molar-refractivity contribution in [1.29, 1.82) is 0 Å². The topological polar surface area (TPSA) is 189 Å². The number of urea groups is 2. The van der Waals surface area contributed by atoms with Crippen molar-refractivity contribution in [2.24, 2.45) is 0 Å². The lowest BCUT2D eigenvalue weighted by atomic mass is 10.2. The van der Waals surface area contributed by atoms with Gasteiger partial charge in [-0.1, -0.05) is 37.0 Å². The second-order valence-electron chi connectivity index (χ2n) is 12.1. The Kier molecular flexibility index (Phi) is 15.1. The number of benzene rings is 4. The molecular formula is C40H42Cl2N8O8. The van der Waals surface area contributed by atoms with Gasteiger partial charge in [-0.2, -0.15) is 0 Å². The monoisotopic (exact) mass is 832 g/mol. The Balaban J connectivity index is 0.000000221. The molecule has 16 nitrogen and oxygen atoms in total. The van der Waals surface area contributed by atoms with Gasteiger partial charge in [0, 0.05) is 37.4 Å². The third kappa shape index (κ3) is 10.9. The zero-order chi connectivity index (χ0) is 41.6. The van der Waals surface area contributed by atoms with Crippen LogP contribution in [0.4, 0.5) is 21.0 Å². The Morgan fingerprint density at radius 1 is 0.552 bits per heavy atom. The molecule has 6 rings (SSSR count). The number of ether oxygens (including phenoxy) is 6. The third-order valence-corrected chi connectivity index (χ3v) is 8.71. The average Bonchev–Trinajstić information content (AvgIpc) is 3.23. The first kappa shape index (κ1) is 42.6. The maximum Gasteiger partial charge on any atom is 0.319 e. The number of hydrogen-bond donors (Lipinski definition) is 4. The van der Waals surface area contributed by atoms with Crippen molar-refractivity contribution in [3.05, 3.63) is 83.4 Å². The van der Waals surface area contributed by atoms with E-state index in [1.807, 2.05) is 13.8 Å². The molecule has 0 aliphatic heterocycles. The van der Waals surface area contributed by atoms with E-state index in [2.05, 4.69) is 41.2 Å². The van der Waals surface area contributed by atoms with Crippen molar-refractivity contribution in [1.82, 2.24) is 30.6 Å². The summed E-state index contributed by atoms with van der Waals surface area (Å²) in [5.41, 5.74) is 2.24. The van der Waals surface area contributed by atoms with E-state index in [0.717, 1.165) is 12.8 Å². The zero-order valence-corrected chi connectivity index (χ0v) is 34.1. The highest BCUT2D eigenvalue weighted by Gasteiger charge is 2.16. The number of carbonyl (C=O) groups is 2. The highest BCUT2D eigenvalue weighted by Crippen LogP contribution is 2.38. The van der Waals surface area contributed by atoms with Gasteiger partial charge >= 0.3 is 12.1 Å². The number of hydrogen-bond acceptors (Lipinski definition) is 12. The van der Waals surface area contributed by atoms with Gasteiger partial charge < -0.3 is 49.7 Å². The van der Waals surface area contributed by atoms with E-state index in [4.69, 9.17) is 51.6 Å². The molecule has 0 atom stereocenters. The summed E-state index contributed by atoms with van der Waals surface area (Å²) >= 11 is 12.6. The fraction of sp³-hybridized carbons (Fsp3) is 0.250. The lowest BCUT2D eigenvalue weighted by molar-refractivity contribution is 0.251. The summed E-state index contributed by atoms with van der Waals surface area (Å²) in [5, 5.41) is 12.8. The van der Waals surface area contributed by atoms with Crippen LogP contribution in [0.3, 0.4) is 0 Å². The molecule has 0 radical (unpaired) electrons. The van der Waals surface area contributed by atoms with Crippen LogP contribution in [-0.2, 0) is 0 Å². The van der Waals surface area contributed by atoms with Crippen molar-refractivity contribution in [3.8, 4) is 46.3 Å². The first-order valence-corrected chi connectivity index (χ1v) is 18.6. The summed E-state index contributed by atoms with van der Waals surface area (Å²) in [5.74, 6) is 3.80. The van der Waals surface area contributed by atoms with E-state index < -0.39 is 0 Å². The van der Waals surface area contributed by atoms with Crippen LogP contribution in [0.2, 0.25) is 10.0 Å². The van der Waals surface area contributed by atoms with Crippen molar-refractivity contribution < 1.29 is 38.0 Å². The Morgan fingerprint density at radius 2 is 0.931 bits per heavy atom. The summed E-state index contributed by atoms with van der Waals surface area (Å²) in [6, 6.07) is 16.3. The van der Waals surface area contributed by atoms with Crippen LogP contribution in [0.1, 0.15) is 26.7 Å². The Labute approximate surface area is 344 Å². The molecule has 4 amide bonds. The van der Waals surface area contributed by atoms with E-state index in [1.54, 1.807) is 89.1 Å². The summed E-state index contributed by atoms with van der Waals surface area (Å²) < 4.78 is 33.1. The molecule has 0 saturated heterocycles. The summed E-state index contributed by atoms with van der Waals surface area (Å²) in [4.78, 5) is 40.5. The van der Waals surface area contributed by atoms with Crippen molar-refractivity contribution in [3.63, 3.8) is 0 Å². The highest BCUT2D eigenvalue weighted by atomic mass is 35.5. The maximum atomic E-state index is 11.8. The molecule has 4 N–H and O–H groups in total. The van der Waals surface area contributed by atoms with Gasteiger partial charge in [0.25, 0.3) is 0 Å². The van der Waals surface area contributed by atoms with Crippen LogP contribution in [0, 0.1) is 0 Å². The number of rotatable bonds is 14. The van der Waals surface area contributed by atoms with Crippen LogP contribution in [0.5, 0.6) is 46.3 Å². The minimum atomic E-state index is -0.315. The van der Waals surface area contributed by atoms with Crippen LogP contribution >= 0.6 is 23.2 Å². The van der Waals surface area contributed by atoms with Gasteiger partial charge in [0.05, 0.1) is 71.7 Å². The number of fused-ring (bicyclic) bond motifs is 2. The first-order chi connectivity index (χ1) is 28.1. The second-order valence-corrected chi connectivity index (χ2v) is 12.9. The Bertz CT molecular complexity index is 2220. The molecule has 304 valence electrons.